The van der Waals surface area contributed by atoms with Gasteiger partial charge in [0, 0.05) is 10.6 Å². The zero-order chi connectivity index (χ0) is 14.4. The molecule has 0 aliphatic carbocycles. The van der Waals surface area contributed by atoms with Gasteiger partial charge in [0.25, 0.3) is 11.8 Å². The van der Waals surface area contributed by atoms with Gasteiger partial charge in [-0.1, -0.05) is 11.6 Å². The maximum atomic E-state index is 11.6. The van der Waals surface area contributed by atoms with Gasteiger partial charge in [-0.15, -0.1) is 0 Å². The first kappa shape index (κ1) is 15.0. The van der Waals surface area contributed by atoms with Crippen LogP contribution in [-0.4, -0.2) is 30.4 Å². The topological polar surface area (TPSA) is 98.5 Å². The van der Waals surface area contributed by atoms with Gasteiger partial charge < -0.3 is 15.8 Å². The molecule has 6 nitrogen and oxygen atoms in total. The average molecular weight is 285 g/mol. The lowest BCUT2D eigenvalue weighted by Crippen LogP contribution is -2.36. The Kier molecular flexibility index (Phi) is 5.32. The number of benzene rings is 1. The average Bonchev–Trinajstić information content (AvgIpc) is 2.36. The quantitative estimate of drug-likeness (QED) is 0.769. The third kappa shape index (κ3) is 4.97. The summed E-state index contributed by atoms with van der Waals surface area (Å²) in [5.41, 5.74) is 5.29. The first-order valence-corrected chi connectivity index (χ1v) is 5.80. The van der Waals surface area contributed by atoms with Gasteiger partial charge in [-0.05, 0) is 31.2 Å². The summed E-state index contributed by atoms with van der Waals surface area (Å²) in [7, 11) is 0. The Morgan fingerprint density at radius 2 is 1.89 bits per heavy atom. The van der Waals surface area contributed by atoms with Crippen LogP contribution in [0.5, 0.6) is 0 Å². The number of halogens is 1. The number of ether oxygens (including phenoxy) is 1. The largest absolute Gasteiger partial charge is 0.451 e. The number of carbonyl (C=O) groups excluding carboxylic acids is 3. The van der Waals surface area contributed by atoms with Crippen LogP contribution in [-0.2, 0) is 14.3 Å². The number of nitrogens with two attached hydrogens (primary N) is 1. The number of esters is 1. The molecule has 0 spiro atoms. The number of primary amides is 1. The molecule has 0 bridgehead atoms. The summed E-state index contributed by atoms with van der Waals surface area (Å²) in [6.45, 7) is 1.00. The molecule has 0 aliphatic heterocycles. The van der Waals surface area contributed by atoms with Gasteiger partial charge in [0.1, 0.15) is 6.54 Å². The summed E-state index contributed by atoms with van der Waals surface area (Å²) in [5, 5.41) is 2.86. The van der Waals surface area contributed by atoms with Gasteiger partial charge in [-0.3, -0.25) is 14.4 Å². The fourth-order valence-electron chi connectivity index (χ4n) is 1.15. The van der Waals surface area contributed by atoms with E-state index in [0.717, 1.165) is 0 Å². The molecule has 0 heterocycles. The van der Waals surface area contributed by atoms with Gasteiger partial charge in [0.2, 0.25) is 0 Å². The molecule has 0 unspecified atom stereocenters. The van der Waals surface area contributed by atoms with Crippen molar-refractivity contribution in [2.75, 3.05) is 6.54 Å². The third-order valence-corrected chi connectivity index (χ3v) is 2.46. The van der Waals surface area contributed by atoms with Crippen molar-refractivity contribution in [1.82, 2.24) is 5.32 Å². The van der Waals surface area contributed by atoms with Crippen molar-refractivity contribution in [3.05, 3.63) is 34.9 Å². The van der Waals surface area contributed by atoms with Crippen LogP contribution in [0.4, 0.5) is 0 Å². The first-order chi connectivity index (χ1) is 8.90. The molecule has 1 aromatic carbocycles. The highest BCUT2D eigenvalue weighted by atomic mass is 35.5. The lowest BCUT2D eigenvalue weighted by atomic mass is 10.2. The molecule has 1 rings (SSSR count). The minimum atomic E-state index is -1.03. The molecule has 7 heteroatoms. The lowest BCUT2D eigenvalue weighted by Gasteiger charge is -2.10. The standard InChI is InChI=1S/C12H13ClN2O4/c1-7(11(14)17)19-10(16)6-15-12(18)8-2-4-9(13)5-3-8/h2-5,7H,6H2,1H3,(H2,14,17)(H,15,18)/t7-/m1/s1. The highest BCUT2D eigenvalue weighted by Gasteiger charge is 2.15. The maximum Gasteiger partial charge on any atom is 0.326 e. The van der Waals surface area contributed by atoms with Crippen LogP contribution in [0.3, 0.4) is 0 Å². The normalized spacial score (nSPS) is 11.5. The second kappa shape index (κ2) is 6.75. The van der Waals surface area contributed by atoms with Crippen LogP contribution in [0.25, 0.3) is 0 Å². The molecule has 0 aromatic heterocycles. The number of hydrogen-bond acceptors (Lipinski definition) is 4. The molecule has 0 saturated carbocycles. The minimum Gasteiger partial charge on any atom is -0.451 e. The summed E-state index contributed by atoms with van der Waals surface area (Å²) in [6.07, 6.45) is -1.03. The van der Waals surface area contributed by atoms with E-state index in [1.54, 1.807) is 12.1 Å². The molecule has 102 valence electrons. The molecule has 0 aliphatic rings. The van der Waals surface area contributed by atoms with Crippen molar-refractivity contribution >= 4 is 29.4 Å². The second-order valence-electron chi connectivity index (χ2n) is 3.72. The van der Waals surface area contributed by atoms with E-state index in [4.69, 9.17) is 17.3 Å². The molecule has 0 fully saturated rings. The van der Waals surface area contributed by atoms with Crippen LogP contribution in [0.15, 0.2) is 24.3 Å². The van der Waals surface area contributed by atoms with Gasteiger partial charge in [0.15, 0.2) is 6.10 Å². The molecular formula is C12H13ClN2O4. The number of carbonyl (C=O) groups is 3. The minimum absolute atomic E-state index is 0.348. The summed E-state index contributed by atoms with van der Waals surface area (Å²) >= 11 is 5.68. The van der Waals surface area contributed by atoms with Gasteiger partial charge >= 0.3 is 5.97 Å². The Labute approximate surface area is 114 Å². The van der Waals surface area contributed by atoms with Crippen molar-refractivity contribution in [3.8, 4) is 0 Å². The predicted octanol–water partition coefficient (Wildman–Crippen LogP) is 0.487. The van der Waals surface area contributed by atoms with E-state index in [1.807, 2.05) is 0 Å². The summed E-state index contributed by atoms with van der Waals surface area (Å²) in [6, 6.07) is 6.16. The van der Waals surface area contributed by atoms with Gasteiger partial charge in [-0.2, -0.15) is 0 Å². The van der Waals surface area contributed by atoms with Crippen molar-refractivity contribution < 1.29 is 19.1 Å². The van der Waals surface area contributed by atoms with Gasteiger partial charge in [0.05, 0.1) is 0 Å². The van der Waals surface area contributed by atoms with E-state index in [-0.39, 0.29) is 6.54 Å². The van der Waals surface area contributed by atoms with E-state index >= 15 is 0 Å². The molecule has 1 atom stereocenters. The Hall–Kier alpha value is -2.08. The molecule has 0 saturated heterocycles. The number of amides is 2. The first-order valence-electron chi connectivity index (χ1n) is 5.42. The summed E-state index contributed by atoms with van der Waals surface area (Å²) in [5.74, 6) is -1.94. The number of hydrogen-bond donors (Lipinski definition) is 2. The van der Waals surface area contributed by atoms with Crippen LogP contribution in [0, 0.1) is 0 Å². The fourth-order valence-corrected chi connectivity index (χ4v) is 1.28. The highest BCUT2D eigenvalue weighted by Crippen LogP contribution is 2.09. The Balaban J connectivity index is 2.44. The second-order valence-corrected chi connectivity index (χ2v) is 4.16. The highest BCUT2D eigenvalue weighted by molar-refractivity contribution is 6.30. The number of rotatable bonds is 5. The smallest absolute Gasteiger partial charge is 0.326 e. The summed E-state index contributed by atoms with van der Waals surface area (Å²) < 4.78 is 4.67. The van der Waals surface area contributed by atoms with E-state index < -0.39 is 23.9 Å². The van der Waals surface area contributed by atoms with Gasteiger partial charge in [-0.25, -0.2) is 0 Å². The van der Waals surface area contributed by atoms with E-state index in [1.165, 1.54) is 19.1 Å². The third-order valence-electron chi connectivity index (χ3n) is 2.21. The van der Waals surface area contributed by atoms with Crippen molar-refractivity contribution in [2.24, 2.45) is 5.73 Å². The molecule has 3 N–H and O–H groups in total. The van der Waals surface area contributed by atoms with Crippen molar-refractivity contribution in [1.29, 1.82) is 0 Å². The van der Waals surface area contributed by atoms with Crippen LogP contribution < -0.4 is 11.1 Å². The van der Waals surface area contributed by atoms with E-state index in [2.05, 4.69) is 10.1 Å². The molecule has 0 radical (unpaired) electrons. The van der Waals surface area contributed by atoms with Crippen LogP contribution in [0.1, 0.15) is 17.3 Å². The summed E-state index contributed by atoms with van der Waals surface area (Å²) in [4.78, 5) is 33.6. The monoisotopic (exact) mass is 284 g/mol. The Bertz CT molecular complexity index is 487. The zero-order valence-corrected chi connectivity index (χ0v) is 10.9. The molecule has 19 heavy (non-hydrogen) atoms. The zero-order valence-electron chi connectivity index (χ0n) is 10.2. The predicted molar refractivity (Wildman–Crippen MR) is 68.5 cm³/mol. The SMILES string of the molecule is C[C@@H](OC(=O)CNC(=O)c1ccc(Cl)cc1)C(N)=O. The van der Waals surface area contributed by atoms with Crippen molar-refractivity contribution in [3.63, 3.8) is 0 Å². The Morgan fingerprint density at radius 3 is 2.42 bits per heavy atom. The molecule has 2 amide bonds. The molecule has 1 aromatic rings. The maximum absolute atomic E-state index is 11.6. The number of nitrogens with one attached hydrogen (secondary N) is 1. The van der Waals surface area contributed by atoms with Crippen LogP contribution in [0.2, 0.25) is 5.02 Å². The van der Waals surface area contributed by atoms with E-state index in [0.29, 0.717) is 10.6 Å². The Morgan fingerprint density at radius 1 is 1.32 bits per heavy atom. The van der Waals surface area contributed by atoms with Crippen molar-refractivity contribution in [2.45, 2.75) is 13.0 Å². The molecular weight excluding hydrogens is 272 g/mol. The lowest BCUT2D eigenvalue weighted by molar-refractivity contribution is -0.152. The fraction of sp³-hybridized carbons (Fsp3) is 0.250. The van der Waals surface area contributed by atoms with E-state index in [9.17, 15) is 14.4 Å². The van der Waals surface area contributed by atoms with Crippen LogP contribution >= 0.6 is 11.6 Å².